The van der Waals surface area contributed by atoms with Gasteiger partial charge in [0.2, 0.25) is 5.91 Å². The van der Waals surface area contributed by atoms with E-state index < -0.39 is 0 Å². The first kappa shape index (κ1) is 21.2. The Hall–Kier alpha value is -3.48. The highest BCUT2D eigenvalue weighted by molar-refractivity contribution is 6.62. The molecule has 0 saturated carbocycles. The molecule has 2 aromatic carbocycles. The predicted octanol–water partition coefficient (Wildman–Crippen LogP) is 3.44. The van der Waals surface area contributed by atoms with Crippen LogP contribution in [0.1, 0.15) is 31.9 Å². The average Bonchev–Trinajstić information content (AvgIpc) is 3.05. The van der Waals surface area contributed by atoms with Crippen LogP contribution in [0.25, 0.3) is 0 Å². The van der Waals surface area contributed by atoms with Crippen LogP contribution in [0.2, 0.25) is 0 Å². The molecule has 0 fully saturated rings. The fourth-order valence-corrected chi connectivity index (χ4v) is 3.29. The van der Waals surface area contributed by atoms with Gasteiger partial charge in [0.05, 0.1) is 11.4 Å². The lowest BCUT2D eigenvalue weighted by Gasteiger charge is -2.22. The van der Waals surface area contributed by atoms with E-state index >= 15 is 0 Å². The van der Waals surface area contributed by atoms with E-state index in [2.05, 4.69) is 65.3 Å². The first-order valence-corrected chi connectivity index (χ1v) is 10.2. The van der Waals surface area contributed by atoms with Gasteiger partial charge in [-0.1, -0.05) is 34.9 Å². The van der Waals surface area contributed by atoms with E-state index in [-0.39, 0.29) is 5.91 Å². The molecule has 7 nitrogen and oxygen atoms in total. The summed E-state index contributed by atoms with van der Waals surface area (Å²) in [5.74, 6) is 0.336. The van der Waals surface area contributed by atoms with Gasteiger partial charge < -0.3 is 10.2 Å². The van der Waals surface area contributed by atoms with E-state index in [4.69, 9.17) is 5.73 Å². The second-order valence-electron chi connectivity index (χ2n) is 7.23. The third kappa shape index (κ3) is 4.92. The number of carbonyl (C=O) groups excluding carboxylic acids is 1. The van der Waals surface area contributed by atoms with Crippen LogP contribution < -0.4 is 16.0 Å². The first-order valence-electron chi connectivity index (χ1n) is 10.2. The number of nitrogens with zero attached hydrogens (tertiary/aromatic N) is 4. The quantitative estimate of drug-likeness (QED) is 0.692. The highest BCUT2D eigenvalue weighted by Gasteiger charge is 2.22. The summed E-state index contributed by atoms with van der Waals surface area (Å²) in [5.41, 5.74) is 11.5. The molecule has 2 aromatic rings. The minimum Gasteiger partial charge on any atom is -0.372 e. The number of rotatable bonds is 7. The van der Waals surface area contributed by atoms with Crippen molar-refractivity contribution in [1.29, 1.82) is 0 Å². The molecule has 1 aliphatic heterocycles. The Labute approximate surface area is 177 Å². The second kappa shape index (κ2) is 9.35. The van der Waals surface area contributed by atoms with Gasteiger partial charge in [-0.15, -0.1) is 4.68 Å². The van der Waals surface area contributed by atoms with Gasteiger partial charge in [0, 0.05) is 25.7 Å². The van der Waals surface area contributed by atoms with Crippen molar-refractivity contribution >= 4 is 40.7 Å². The zero-order valence-corrected chi connectivity index (χ0v) is 18.0. The molecule has 3 N–H and O–H groups in total. The number of nitrogens with two attached hydrogens (primary N) is 1. The molecular formula is C23H29N6O+. The number of benzene rings is 2. The van der Waals surface area contributed by atoms with Crippen molar-refractivity contribution in [2.24, 2.45) is 15.8 Å². The number of hydrogen-bond donors (Lipinski definition) is 2. The maximum Gasteiger partial charge on any atom is 0.321 e. The second-order valence-corrected chi connectivity index (χ2v) is 7.23. The zero-order valence-electron chi connectivity index (χ0n) is 18.0. The van der Waals surface area contributed by atoms with Gasteiger partial charge in [0.1, 0.15) is 12.8 Å². The Morgan fingerprint density at radius 2 is 1.87 bits per heavy atom. The van der Waals surface area contributed by atoms with E-state index in [0.29, 0.717) is 29.5 Å². The van der Waals surface area contributed by atoms with E-state index in [9.17, 15) is 4.79 Å². The molecular weight excluding hydrogens is 376 g/mol. The van der Waals surface area contributed by atoms with Gasteiger partial charge in [0.25, 0.3) is 0 Å². The summed E-state index contributed by atoms with van der Waals surface area (Å²) >= 11 is 0. The summed E-state index contributed by atoms with van der Waals surface area (Å²) in [7, 11) is 0. The van der Waals surface area contributed by atoms with Gasteiger partial charge >= 0.3 is 5.84 Å². The average molecular weight is 406 g/mol. The SMILES string of the molecule is CCN(CC)c1ccc(N=C2C=N[N+](Cc3ccc(C)cc3)=C2N)c(NC(C)=O)c1. The Morgan fingerprint density at radius 1 is 1.17 bits per heavy atom. The Balaban J connectivity index is 1.91. The van der Waals surface area contributed by atoms with Gasteiger partial charge in [0.15, 0.2) is 5.71 Å². The summed E-state index contributed by atoms with van der Waals surface area (Å²) in [4.78, 5) is 18.6. The number of anilines is 2. The smallest absolute Gasteiger partial charge is 0.321 e. The molecule has 0 atom stereocenters. The van der Waals surface area contributed by atoms with Crippen molar-refractivity contribution in [2.75, 3.05) is 23.3 Å². The maximum atomic E-state index is 11.7. The number of hydrazone groups is 1. The molecule has 0 spiro atoms. The monoisotopic (exact) mass is 405 g/mol. The zero-order chi connectivity index (χ0) is 21.7. The lowest BCUT2D eigenvalue weighted by Crippen LogP contribution is -2.28. The fraction of sp³-hybridized carbons (Fsp3) is 0.304. The minimum atomic E-state index is -0.147. The van der Waals surface area contributed by atoms with E-state index in [1.807, 2.05) is 18.2 Å². The van der Waals surface area contributed by atoms with Crippen molar-refractivity contribution < 1.29 is 9.48 Å². The van der Waals surface area contributed by atoms with Crippen LogP contribution in [-0.2, 0) is 11.3 Å². The number of amides is 1. The Morgan fingerprint density at radius 3 is 2.50 bits per heavy atom. The molecule has 156 valence electrons. The molecule has 0 unspecified atom stereocenters. The van der Waals surface area contributed by atoms with Gasteiger partial charge in [-0.2, -0.15) is 0 Å². The number of aryl methyl sites for hydroxylation is 1. The van der Waals surface area contributed by atoms with Gasteiger partial charge in [-0.25, -0.2) is 4.99 Å². The lowest BCUT2D eigenvalue weighted by atomic mass is 10.1. The first-order chi connectivity index (χ1) is 14.4. The van der Waals surface area contributed by atoms with Crippen LogP contribution in [0.4, 0.5) is 17.1 Å². The molecule has 1 amide bonds. The van der Waals surface area contributed by atoms with E-state index in [1.165, 1.54) is 12.5 Å². The van der Waals surface area contributed by atoms with E-state index in [0.717, 1.165) is 24.3 Å². The summed E-state index contributed by atoms with van der Waals surface area (Å²) in [6.45, 7) is 10.1. The summed E-state index contributed by atoms with van der Waals surface area (Å²) in [5, 5.41) is 7.28. The van der Waals surface area contributed by atoms with Crippen LogP contribution in [0, 0.1) is 6.92 Å². The van der Waals surface area contributed by atoms with Crippen LogP contribution in [0.3, 0.4) is 0 Å². The molecule has 7 heteroatoms. The molecule has 1 aliphatic rings. The van der Waals surface area contributed by atoms with Gasteiger partial charge in [-0.3, -0.25) is 10.5 Å². The number of amidine groups is 1. The molecule has 0 aromatic heterocycles. The molecule has 30 heavy (non-hydrogen) atoms. The molecule has 0 aliphatic carbocycles. The predicted molar refractivity (Wildman–Crippen MR) is 124 cm³/mol. The highest BCUT2D eigenvalue weighted by atomic mass is 16.1. The summed E-state index contributed by atoms with van der Waals surface area (Å²) in [6, 6.07) is 14.1. The van der Waals surface area contributed by atoms with Crippen LogP contribution in [-0.4, -0.2) is 41.4 Å². The number of carbonyl (C=O) groups is 1. The molecule has 1 heterocycles. The van der Waals surface area contributed by atoms with Crippen LogP contribution in [0.15, 0.2) is 52.6 Å². The third-order valence-corrected chi connectivity index (χ3v) is 4.97. The van der Waals surface area contributed by atoms with Crippen molar-refractivity contribution in [1.82, 2.24) is 0 Å². The number of hydrogen-bond acceptors (Lipinski definition) is 5. The van der Waals surface area contributed by atoms with Crippen molar-refractivity contribution in [2.45, 2.75) is 34.2 Å². The van der Waals surface area contributed by atoms with Crippen molar-refractivity contribution in [3.63, 3.8) is 0 Å². The van der Waals surface area contributed by atoms with Crippen molar-refractivity contribution in [3.05, 3.63) is 53.6 Å². The topological polar surface area (TPSA) is 86.1 Å². The Bertz CT molecular complexity index is 1020. The molecule has 0 bridgehead atoms. The third-order valence-electron chi connectivity index (χ3n) is 4.97. The van der Waals surface area contributed by atoms with Gasteiger partial charge in [-0.05, 0) is 44.5 Å². The fourth-order valence-electron chi connectivity index (χ4n) is 3.29. The largest absolute Gasteiger partial charge is 0.372 e. The summed E-state index contributed by atoms with van der Waals surface area (Å²) < 4.78 is 1.73. The van der Waals surface area contributed by atoms with Crippen molar-refractivity contribution in [3.8, 4) is 0 Å². The lowest BCUT2D eigenvalue weighted by molar-refractivity contribution is -0.546. The standard InChI is InChI=1S/C23H28N6O/c1-5-28(6-2)19-11-12-20(21(13-19)26-17(4)30)27-22-14-25-29(23(22)24)15-18-9-7-16(3)8-10-18/h7-14H,5-6,15H2,1-4H3,(H2,24,25,26,30)/p+1. The maximum absolute atomic E-state index is 11.7. The molecule has 0 saturated heterocycles. The van der Waals surface area contributed by atoms with E-state index in [1.54, 1.807) is 10.9 Å². The van der Waals surface area contributed by atoms with Crippen LogP contribution in [0.5, 0.6) is 0 Å². The number of aliphatic imine (C=N–C) groups is 1. The minimum absolute atomic E-state index is 0.147. The normalized spacial score (nSPS) is 14.5. The van der Waals surface area contributed by atoms with Crippen LogP contribution >= 0.6 is 0 Å². The molecule has 0 radical (unpaired) electrons. The molecule has 3 rings (SSSR count). The number of nitrogens with one attached hydrogen (secondary N) is 1. The highest BCUT2D eigenvalue weighted by Crippen LogP contribution is 2.30. The Kier molecular flexibility index (Phi) is 6.61. The summed E-state index contributed by atoms with van der Waals surface area (Å²) in [6.07, 6.45) is 1.65.